The Hall–Kier alpha value is -4.60. The van der Waals surface area contributed by atoms with Crippen LogP contribution in [-0.2, 0) is 0 Å². The molecule has 1 aliphatic heterocycles. The Morgan fingerprint density at radius 1 is 1.07 bits per heavy atom. The summed E-state index contributed by atoms with van der Waals surface area (Å²) >= 11 is 0. The predicted molar refractivity (Wildman–Crippen MR) is 152 cm³/mol. The number of rotatable bonds is 7. The number of nitrogens with one attached hydrogen (secondary N) is 1. The van der Waals surface area contributed by atoms with Crippen LogP contribution in [0, 0.1) is 18.6 Å². The van der Waals surface area contributed by atoms with E-state index >= 15 is 0 Å². The molecule has 1 atom stereocenters. The molecule has 3 aromatic carbocycles. The van der Waals surface area contributed by atoms with E-state index in [2.05, 4.69) is 15.3 Å². The van der Waals surface area contributed by atoms with Gasteiger partial charge in [0.2, 0.25) is 5.88 Å². The molecule has 1 saturated heterocycles. The minimum Gasteiger partial charge on any atom is -0.495 e. The number of amides is 2. The summed E-state index contributed by atoms with van der Waals surface area (Å²) < 4.78 is 38.8. The summed E-state index contributed by atoms with van der Waals surface area (Å²) in [4.78, 5) is 13.3. The highest BCUT2D eigenvalue weighted by molar-refractivity contribution is 5.88. The molecule has 1 unspecified atom stereocenters. The summed E-state index contributed by atoms with van der Waals surface area (Å²) in [5, 5.41) is 6.93. The Kier molecular flexibility index (Phi) is 9.21. The second-order valence-electron chi connectivity index (χ2n) is 9.23. The van der Waals surface area contributed by atoms with Gasteiger partial charge in [-0.05, 0) is 62.2 Å². The summed E-state index contributed by atoms with van der Waals surface area (Å²) in [6.45, 7) is 5.86. The number of nitrogens with zero attached hydrogens (tertiary/aromatic N) is 3. The maximum Gasteiger partial charge on any atom is 0.317 e. The average Bonchev–Trinajstić information content (AvgIpc) is 3.57. The summed E-state index contributed by atoms with van der Waals surface area (Å²) in [6, 6.07) is 20.9. The number of urea groups is 1. The lowest BCUT2D eigenvalue weighted by Crippen LogP contribution is -2.21. The molecule has 210 valence electrons. The molecule has 0 radical (unpaired) electrons. The zero-order valence-corrected chi connectivity index (χ0v) is 22.7. The monoisotopic (exact) mass is 549 g/mol. The van der Waals surface area contributed by atoms with Gasteiger partial charge in [0.15, 0.2) is 11.6 Å². The fourth-order valence-electron chi connectivity index (χ4n) is 4.68. The van der Waals surface area contributed by atoms with Crippen LogP contribution in [0.1, 0.15) is 30.4 Å². The van der Waals surface area contributed by atoms with E-state index in [9.17, 15) is 13.6 Å². The quantitative estimate of drug-likeness (QED) is 0.293. The van der Waals surface area contributed by atoms with Gasteiger partial charge in [-0.25, -0.2) is 18.3 Å². The first-order chi connectivity index (χ1) is 19.3. The van der Waals surface area contributed by atoms with E-state index < -0.39 is 17.7 Å². The molecule has 0 aliphatic carbocycles. The third-order valence-electron chi connectivity index (χ3n) is 6.63. The van der Waals surface area contributed by atoms with Crippen LogP contribution < -0.4 is 25.4 Å². The van der Waals surface area contributed by atoms with E-state index in [-0.39, 0.29) is 5.92 Å². The molecule has 8 nitrogen and oxygen atoms in total. The fourth-order valence-corrected chi connectivity index (χ4v) is 4.68. The molecule has 1 aliphatic rings. The Morgan fingerprint density at radius 3 is 2.48 bits per heavy atom. The molecule has 2 amide bonds. The number of halogens is 2. The third kappa shape index (κ3) is 6.51. The number of carbonyl (C=O) groups excluding carboxylic acids is 1. The van der Waals surface area contributed by atoms with Crippen molar-refractivity contribution in [3.05, 3.63) is 95.6 Å². The lowest BCUT2D eigenvalue weighted by molar-refractivity contribution is 0.259. The molecule has 4 aromatic rings. The standard InChI is InChI=1S/C17H17F2NO.C13H16N4O2/c1-21-17-5-3-2-4-16(17)20-9-8-13(11-20)12-6-7-14(18)15(19)10-12;1-3-19-12-9(2)11(15-13(14)18)17(16-12)10-7-5-4-6-8-10/h2-7,10,13H,8-9,11H2,1H3;4-8H,3H2,1-2H3,(H3,14,15,18). The number of anilines is 2. The number of ether oxygens (including phenoxy) is 2. The number of hydrogen-bond acceptors (Lipinski definition) is 5. The molecule has 1 fully saturated rings. The van der Waals surface area contributed by atoms with Crippen LogP contribution in [0.5, 0.6) is 11.6 Å². The van der Waals surface area contributed by atoms with Crippen molar-refractivity contribution < 1.29 is 23.0 Å². The first kappa shape index (κ1) is 28.4. The van der Waals surface area contributed by atoms with Crippen LogP contribution in [0.25, 0.3) is 5.69 Å². The molecular weight excluding hydrogens is 516 g/mol. The molecule has 2 heterocycles. The Morgan fingerprint density at radius 2 is 1.80 bits per heavy atom. The Labute approximate surface area is 232 Å². The molecular formula is C30H33F2N5O3. The smallest absolute Gasteiger partial charge is 0.317 e. The zero-order chi connectivity index (χ0) is 28.6. The van der Waals surface area contributed by atoms with Crippen molar-refractivity contribution in [2.75, 3.05) is 37.0 Å². The molecule has 0 bridgehead atoms. The molecule has 3 N–H and O–H groups in total. The van der Waals surface area contributed by atoms with Crippen molar-refractivity contribution in [3.63, 3.8) is 0 Å². The van der Waals surface area contributed by atoms with Crippen LogP contribution in [0.4, 0.5) is 25.1 Å². The second kappa shape index (κ2) is 13.0. The van der Waals surface area contributed by atoms with Gasteiger partial charge in [-0.2, -0.15) is 0 Å². The van der Waals surface area contributed by atoms with E-state index in [0.29, 0.717) is 18.3 Å². The van der Waals surface area contributed by atoms with Gasteiger partial charge in [0.1, 0.15) is 11.6 Å². The van der Waals surface area contributed by atoms with E-state index in [1.54, 1.807) is 17.9 Å². The van der Waals surface area contributed by atoms with E-state index in [1.807, 2.05) is 68.4 Å². The van der Waals surface area contributed by atoms with Crippen molar-refractivity contribution in [2.24, 2.45) is 5.73 Å². The Balaban J connectivity index is 0.000000186. The van der Waals surface area contributed by atoms with Gasteiger partial charge in [0, 0.05) is 19.0 Å². The number of methoxy groups -OCH3 is 1. The van der Waals surface area contributed by atoms with Crippen molar-refractivity contribution in [3.8, 4) is 17.3 Å². The Bertz CT molecular complexity index is 1440. The van der Waals surface area contributed by atoms with Gasteiger partial charge in [0.05, 0.1) is 30.7 Å². The maximum atomic E-state index is 13.4. The highest BCUT2D eigenvalue weighted by Gasteiger charge is 2.26. The predicted octanol–water partition coefficient (Wildman–Crippen LogP) is 6.04. The average molecular weight is 550 g/mol. The first-order valence-corrected chi connectivity index (χ1v) is 13.0. The molecule has 5 rings (SSSR count). The van der Waals surface area contributed by atoms with Crippen LogP contribution in [-0.4, -0.2) is 42.6 Å². The minimum atomic E-state index is -0.793. The number of primary amides is 1. The van der Waals surface area contributed by atoms with Crippen molar-refractivity contribution >= 4 is 17.5 Å². The second-order valence-corrected chi connectivity index (χ2v) is 9.23. The number of aromatic nitrogens is 2. The van der Waals surface area contributed by atoms with E-state index in [0.717, 1.165) is 47.8 Å². The summed E-state index contributed by atoms with van der Waals surface area (Å²) in [6.07, 6.45) is 0.920. The fraction of sp³-hybridized carbons (Fsp3) is 0.267. The van der Waals surface area contributed by atoms with Crippen LogP contribution >= 0.6 is 0 Å². The first-order valence-electron chi connectivity index (χ1n) is 13.0. The number of carbonyl (C=O) groups is 1. The number of benzene rings is 3. The van der Waals surface area contributed by atoms with Crippen LogP contribution in [0.15, 0.2) is 72.8 Å². The largest absolute Gasteiger partial charge is 0.495 e. The minimum absolute atomic E-state index is 0.213. The SMILES string of the molecule is CCOc1nn(-c2ccccc2)c(NC(N)=O)c1C.COc1ccccc1N1CCC(c2ccc(F)c(F)c2)C1. The molecule has 0 spiro atoms. The van der Waals surface area contributed by atoms with Gasteiger partial charge in [-0.15, -0.1) is 5.10 Å². The van der Waals surface area contributed by atoms with Crippen molar-refractivity contribution in [1.82, 2.24) is 9.78 Å². The summed E-state index contributed by atoms with van der Waals surface area (Å²) in [5.41, 5.74) is 8.65. The number of nitrogens with two attached hydrogens (primary N) is 1. The lowest BCUT2D eigenvalue weighted by Gasteiger charge is -2.21. The summed E-state index contributed by atoms with van der Waals surface area (Å²) in [5.74, 6) is 0.479. The van der Waals surface area contributed by atoms with Gasteiger partial charge < -0.3 is 20.1 Å². The number of hydrogen-bond donors (Lipinski definition) is 2. The van der Waals surface area contributed by atoms with E-state index in [1.165, 1.54) is 12.1 Å². The highest BCUT2D eigenvalue weighted by Crippen LogP contribution is 2.35. The van der Waals surface area contributed by atoms with Crippen LogP contribution in [0.3, 0.4) is 0 Å². The maximum absolute atomic E-state index is 13.4. The van der Waals surface area contributed by atoms with Gasteiger partial charge in [-0.1, -0.05) is 36.4 Å². The van der Waals surface area contributed by atoms with Crippen molar-refractivity contribution in [1.29, 1.82) is 0 Å². The molecule has 1 aromatic heterocycles. The number of para-hydroxylation sites is 3. The normalized spacial score (nSPS) is 14.3. The van der Waals surface area contributed by atoms with Crippen LogP contribution in [0.2, 0.25) is 0 Å². The lowest BCUT2D eigenvalue weighted by atomic mass is 9.98. The third-order valence-corrected chi connectivity index (χ3v) is 6.63. The molecule has 40 heavy (non-hydrogen) atoms. The van der Waals surface area contributed by atoms with Crippen molar-refractivity contribution in [2.45, 2.75) is 26.2 Å². The summed E-state index contributed by atoms with van der Waals surface area (Å²) in [7, 11) is 1.65. The van der Waals surface area contributed by atoms with Gasteiger partial charge in [0.25, 0.3) is 0 Å². The van der Waals surface area contributed by atoms with Gasteiger partial charge >= 0.3 is 6.03 Å². The molecule has 0 saturated carbocycles. The topological polar surface area (TPSA) is 94.6 Å². The molecule has 10 heteroatoms. The van der Waals surface area contributed by atoms with Gasteiger partial charge in [-0.3, -0.25) is 5.32 Å². The zero-order valence-electron chi connectivity index (χ0n) is 22.7. The highest BCUT2D eigenvalue weighted by atomic mass is 19.2. The van der Waals surface area contributed by atoms with E-state index in [4.69, 9.17) is 15.2 Å².